The van der Waals surface area contributed by atoms with E-state index >= 15 is 0 Å². The molecule has 0 radical (unpaired) electrons. The zero-order valence-corrected chi connectivity index (χ0v) is 16.2. The first-order chi connectivity index (χ1) is 12.5. The molecule has 26 heavy (non-hydrogen) atoms. The van der Waals surface area contributed by atoms with Crippen LogP contribution in [0.5, 0.6) is 0 Å². The molecule has 1 amide bonds. The van der Waals surface area contributed by atoms with E-state index in [9.17, 15) is 10.1 Å². The Morgan fingerprint density at radius 2 is 2.19 bits per heavy atom. The van der Waals surface area contributed by atoms with Crippen molar-refractivity contribution in [3.05, 3.63) is 52.2 Å². The largest absolute Gasteiger partial charge is 0.325 e. The third-order valence-electron chi connectivity index (χ3n) is 4.71. The molecule has 0 spiro atoms. The summed E-state index contributed by atoms with van der Waals surface area (Å²) in [5, 5.41) is 13.1. The molecule has 0 saturated heterocycles. The van der Waals surface area contributed by atoms with Gasteiger partial charge in [0.25, 0.3) is 0 Å². The summed E-state index contributed by atoms with van der Waals surface area (Å²) in [5.74, 6) is 0.793. The first-order valence-corrected chi connectivity index (χ1v) is 9.87. The Kier molecular flexibility index (Phi) is 5.63. The second kappa shape index (κ2) is 7.92. The summed E-state index contributed by atoms with van der Waals surface area (Å²) in [6.45, 7) is 6.24. The molecule has 3 rings (SSSR count). The molecule has 0 aliphatic heterocycles. The minimum absolute atomic E-state index is 0.0843. The number of aryl methyl sites for hydroxylation is 3. The van der Waals surface area contributed by atoms with Crippen LogP contribution < -0.4 is 5.32 Å². The van der Waals surface area contributed by atoms with Gasteiger partial charge in [0, 0.05) is 11.4 Å². The number of fused-ring (bicyclic) bond motifs is 1. The van der Waals surface area contributed by atoms with Gasteiger partial charge in [0.15, 0.2) is 0 Å². The van der Waals surface area contributed by atoms with E-state index in [-0.39, 0.29) is 11.7 Å². The second-order valence-corrected chi connectivity index (χ2v) is 8.03. The van der Waals surface area contributed by atoms with Gasteiger partial charge < -0.3 is 5.32 Å². The molecule has 1 unspecified atom stereocenters. The van der Waals surface area contributed by atoms with Crippen molar-refractivity contribution in [1.82, 2.24) is 4.98 Å². The van der Waals surface area contributed by atoms with Gasteiger partial charge in [0.2, 0.25) is 5.91 Å². The fourth-order valence-corrected chi connectivity index (χ4v) is 4.07. The number of aromatic nitrogens is 1. The van der Waals surface area contributed by atoms with Crippen LogP contribution in [-0.2, 0) is 17.6 Å². The third kappa shape index (κ3) is 4.25. The van der Waals surface area contributed by atoms with E-state index in [0.29, 0.717) is 16.5 Å². The first-order valence-electron chi connectivity index (χ1n) is 8.89. The van der Waals surface area contributed by atoms with Crippen molar-refractivity contribution in [2.45, 2.75) is 45.1 Å². The molecule has 5 heteroatoms. The van der Waals surface area contributed by atoms with E-state index in [2.05, 4.69) is 23.3 Å². The van der Waals surface area contributed by atoms with E-state index < -0.39 is 0 Å². The van der Waals surface area contributed by atoms with E-state index in [1.807, 2.05) is 38.1 Å². The average Bonchev–Trinajstić information content (AvgIpc) is 2.61. The van der Waals surface area contributed by atoms with Crippen LogP contribution in [0.2, 0.25) is 0 Å². The molecule has 0 saturated carbocycles. The monoisotopic (exact) mass is 365 g/mol. The molecular formula is C21H23N3OS. The molecule has 1 atom stereocenters. The van der Waals surface area contributed by atoms with E-state index in [1.54, 1.807) is 0 Å². The summed E-state index contributed by atoms with van der Waals surface area (Å²) in [6.07, 6.45) is 3.06. The van der Waals surface area contributed by atoms with Crippen molar-refractivity contribution in [1.29, 1.82) is 5.26 Å². The lowest BCUT2D eigenvalue weighted by molar-refractivity contribution is -0.113. The normalized spacial score (nSPS) is 15.8. The number of anilines is 1. The standard InChI is InChI=1S/C21H23N3OS/c1-13-4-6-18(15(3)8-13)23-20(25)12-26-21-17(11-22)10-16-9-14(2)5-7-19(16)24-21/h4,6,8,10,14H,5,7,9,12H2,1-3H3,(H,23,25). The topological polar surface area (TPSA) is 65.8 Å². The Labute approximate surface area is 159 Å². The van der Waals surface area contributed by atoms with Crippen LogP contribution in [0.25, 0.3) is 0 Å². The van der Waals surface area contributed by atoms with E-state index in [0.717, 1.165) is 36.2 Å². The Morgan fingerprint density at radius 1 is 1.38 bits per heavy atom. The number of rotatable bonds is 4. The molecule has 1 N–H and O–H groups in total. The van der Waals surface area contributed by atoms with Crippen LogP contribution in [0, 0.1) is 31.1 Å². The number of hydrogen-bond donors (Lipinski definition) is 1. The van der Waals surface area contributed by atoms with E-state index in [1.165, 1.54) is 22.9 Å². The Balaban J connectivity index is 1.69. The molecule has 4 nitrogen and oxygen atoms in total. The quantitative estimate of drug-likeness (QED) is 0.814. The predicted octanol–water partition coefficient (Wildman–Crippen LogP) is 4.43. The summed E-state index contributed by atoms with van der Waals surface area (Å²) in [5.41, 5.74) is 5.88. The Bertz CT molecular complexity index is 886. The highest BCUT2D eigenvalue weighted by atomic mass is 32.2. The van der Waals surface area contributed by atoms with Crippen LogP contribution in [0.4, 0.5) is 5.69 Å². The second-order valence-electron chi connectivity index (χ2n) is 7.06. The number of thioether (sulfide) groups is 1. The van der Waals surface area contributed by atoms with Crippen molar-refractivity contribution >= 4 is 23.4 Å². The maximum absolute atomic E-state index is 12.3. The van der Waals surface area contributed by atoms with Crippen molar-refractivity contribution < 1.29 is 4.79 Å². The molecule has 0 bridgehead atoms. The van der Waals surface area contributed by atoms with Crippen molar-refractivity contribution in [2.75, 3.05) is 11.1 Å². The zero-order chi connectivity index (χ0) is 18.7. The maximum atomic E-state index is 12.3. The van der Waals surface area contributed by atoms with E-state index in [4.69, 9.17) is 0 Å². The molecule has 1 aromatic heterocycles. The smallest absolute Gasteiger partial charge is 0.234 e. The lowest BCUT2D eigenvalue weighted by atomic mass is 9.87. The fraction of sp³-hybridized carbons (Fsp3) is 0.381. The van der Waals surface area contributed by atoms with Gasteiger partial charge in [-0.3, -0.25) is 4.79 Å². The number of nitrogens with zero attached hydrogens (tertiary/aromatic N) is 2. The van der Waals surface area contributed by atoms with Gasteiger partial charge in [-0.1, -0.05) is 36.4 Å². The van der Waals surface area contributed by atoms with Crippen LogP contribution >= 0.6 is 11.8 Å². The van der Waals surface area contributed by atoms with Gasteiger partial charge in [-0.15, -0.1) is 0 Å². The number of hydrogen-bond acceptors (Lipinski definition) is 4. The summed E-state index contributed by atoms with van der Waals surface area (Å²) in [6, 6.07) is 10.1. The Hall–Kier alpha value is -2.32. The predicted molar refractivity (Wildman–Crippen MR) is 105 cm³/mol. The highest BCUT2D eigenvalue weighted by Gasteiger charge is 2.19. The van der Waals surface area contributed by atoms with Gasteiger partial charge in [-0.2, -0.15) is 5.26 Å². The summed E-state index contributed by atoms with van der Waals surface area (Å²) < 4.78 is 0. The number of carbonyl (C=O) groups is 1. The number of nitrogens with one attached hydrogen (secondary N) is 1. The van der Waals surface area contributed by atoms with Gasteiger partial charge in [0.1, 0.15) is 11.1 Å². The number of pyridine rings is 1. The molecule has 1 aromatic carbocycles. The van der Waals surface area contributed by atoms with Crippen LogP contribution in [-0.4, -0.2) is 16.6 Å². The van der Waals surface area contributed by atoms with Crippen LogP contribution in [0.1, 0.15) is 41.3 Å². The molecule has 134 valence electrons. The van der Waals surface area contributed by atoms with Gasteiger partial charge in [0.05, 0.1) is 11.3 Å². The number of benzene rings is 1. The van der Waals surface area contributed by atoms with Gasteiger partial charge >= 0.3 is 0 Å². The highest BCUT2D eigenvalue weighted by Crippen LogP contribution is 2.29. The summed E-state index contributed by atoms with van der Waals surface area (Å²) in [4.78, 5) is 17.0. The molecule has 2 aromatic rings. The van der Waals surface area contributed by atoms with Crippen molar-refractivity contribution in [2.24, 2.45) is 5.92 Å². The number of carbonyl (C=O) groups excluding carboxylic acids is 1. The average molecular weight is 366 g/mol. The molecule has 1 heterocycles. The van der Waals surface area contributed by atoms with Crippen LogP contribution in [0.15, 0.2) is 29.3 Å². The highest BCUT2D eigenvalue weighted by molar-refractivity contribution is 8.00. The summed E-state index contributed by atoms with van der Waals surface area (Å²) in [7, 11) is 0. The minimum atomic E-state index is -0.0843. The fourth-order valence-electron chi connectivity index (χ4n) is 3.29. The lowest BCUT2D eigenvalue weighted by Crippen LogP contribution is -2.16. The molecule has 0 fully saturated rings. The van der Waals surface area contributed by atoms with Crippen molar-refractivity contribution in [3.8, 4) is 6.07 Å². The third-order valence-corrected chi connectivity index (χ3v) is 5.71. The van der Waals surface area contributed by atoms with Gasteiger partial charge in [-0.05, 0) is 62.3 Å². The maximum Gasteiger partial charge on any atom is 0.234 e. The lowest BCUT2D eigenvalue weighted by Gasteiger charge is -2.21. The Morgan fingerprint density at radius 3 is 2.92 bits per heavy atom. The van der Waals surface area contributed by atoms with Crippen LogP contribution in [0.3, 0.4) is 0 Å². The zero-order valence-electron chi connectivity index (χ0n) is 15.4. The van der Waals surface area contributed by atoms with Crippen molar-refractivity contribution in [3.63, 3.8) is 0 Å². The van der Waals surface area contributed by atoms with Gasteiger partial charge in [-0.25, -0.2) is 4.98 Å². The molecule has 1 aliphatic rings. The molecule has 1 aliphatic carbocycles. The minimum Gasteiger partial charge on any atom is -0.325 e. The molecular weight excluding hydrogens is 342 g/mol. The first kappa shape index (κ1) is 18.5. The summed E-state index contributed by atoms with van der Waals surface area (Å²) >= 11 is 1.34. The SMILES string of the molecule is Cc1ccc(NC(=O)CSc2nc3c(cc2C#N)CC(C)CC3)c(C)c1. The number of nitriles is 1. The number of amides is 1.